The van der Waals surface area contributed by atoms with Crippen molar-refractivity contribution in [2.45, 2.75) is 26.7 Å². The molecule has 0 aliphatic rings. The largest absolute Gasteiger partial charge is 0.481 e. The zero-order valence-electron chi connectivity index (χ0n) is 11.3. The highest BCUT2D eigenvalue weighted by Gasteiger charge is 2.16. The third-order valence-corrected chi connectivity index (χ3v) is 2.72. The number of aliphatic carboxylic acids is 1. The SMILES string of the molecule is CC(C)C[C@H](CNC(=O)c1ccccn1)CC(=O)O. The number of carboxylic acids is 1. The molecule has 1 amide bonds. The molecule has 19 heavy (non-hydrogen) atoms. The number of nitrogens with one attached hydrogen (secondary N) is 1. The summed E-state index contributed by atoms with van der Waals surface area (Å²) in [5.41, 5.74) is 0.348. The van der Waals surface area contributed by atoms with Gasteiger partial charge in [-0.1, -0.05) is 19.9 Å². The number of hydrogen-bond acceptors (Lipinski definition) is 3. The number of rotatable bonds is 7. The van der Waals surface area contributed by atoms with Crippen molar-refractivity contribution >= 4 is 11.9 Å². The summed E-state index contributed by atoms with van der Waals surface area (Å²) < 4.78 is 0. The molecule has 1 aromatic heterocycles. The van der Waals surface area contributed by atoms with Gasteiger partial charge in [-0.15, -0.1) is 0 Å². The number of amides is 1. The fourth-order valence-corrected chi connectivity index (χ4v) is 1.98. The van der Waals surface area contributed by atoms with Gasteiger partial charge in [0.25, 0.3) is 5.91 Å². The van der Waals surface area contributed by atoms with E-state index in [-0.39, 0.29) is 18.2 Å². The highest BCUT2D eigenvalue weighted by molar-refractivity contribution is 5.92. The minimum atomic E-state index is -0.835. The normalized spacial score (nSPS) is 12.2. The first-order valence-electron chi connectivity index (χ1n) is 6.40. The third kappa shape index (κ3) is 5.99. The Morgan fingerprint density at radius 3 is 2.63 bits per heavy atom. The molecule has 0 saturated carbocycles. The second-order valence-electron chi connectivity index (χ2n) is 5.02. The lowest BCUT2D eigenvalue weighted by atomic mass is 9.94. The van der Waals surface area contributed by atoms with Gasteiger partial charge in [-0.3, -0.25) is 14.6 Å². The molecule has 0 radical (unpaired) electrons. The number of carbonyl (C=O) groups excluding carboxylic acids is 1. The summed E-state index contributed by atoms with van der Waals surface area (Å²) in [6.45, 7) is 4.44. The molecule has 2 N–H and O–H groups in total. The van der Waals surface area contributed by atoms with Crippen molar-refractivity contribution in [3.05, 3.63) is 30.1 Å². The van der Waals surface area contributed by atoms with Gasteiger partial charge in [-0.25, -0.2) is 0 Å². The fraction of sp³-hybridized carbons (Fsp3) is 0.500. The number of pyridine rings is 1. The smallest absolute Gasteiger partial charge is 0.303 e. The first-order chi connectivity index (χ1) is 8.99. The second-order valence-corrected chi connectivity index (χ2v) is 5.02. The van der Waals surface area contributed by atoms with Gasteiger partial charge in [0.05, 0.1) is 0 Å². The zero-order valence-corrected chi connectivity index (χ0v) is 11.3. The van der Waals surface area contributed by atoms with E-state index in [0.717, 1.165) is 6.42 Å². The molecule has 0 fully saturated rings. The van der Waals surface area contributed by atoms with E-state index in [4.69, 9.17) is 5.11 Å². The van der Waals surface area contributed by atoms with Crippen LogP contribution in [0.4, 0.5) is 0 Å². The first kappa shape index (κ1) is 15.1. The Labute approximate surface area is 113 Å². The molecule has 0 saturated heterocycles. The minimum absolute atomic E-state index is 0.0508. The Morgan fingerprint density at radius 2 is 2.11 bits per heavy atom. The monoisotopic (exact) mass is 264 g/mol. The maximum absolute atomic E-state index is 11.8. The molecule has 5 heteroatoms. The van der Waals surface area contributed by atoms with Crippen molar-refractivity contribution in [3.63, 3.8) is 0 Å². The van der Waals surface area contributed by atoms with Crippen molar-refractivity contribution in [2.24, 2.45) is 11.8 Å². The Morgan fingerprint density at radius 1 is 1.37 bits per heavy atom. The molecule has 0 aliphatic carbocycles. The summed E-state index contributed by atoms with van der Waals surface area (Å²) in [7, 11) is 0. The molecule has 0 spiro atoms. The fourth-order valence-electron chi connectivity index (χ4n) is 1.98. The van der Waals surface area contributed by atoms with Crippen molar-refractivity contribution in [1.82, 2.24) is 10.3 Å². The molecule has 0 aromatic carbocycles. The maximum atomic E-state index is 11.8. The predicted octanol–water partition coefficient (Wildman–Crippen LogP) is 1.95. The van der Waals surface area contributed by atoms with E-state index in [2.05, 4.69) is 10.3 Å². The summed E-state index contributed by atoms with van der Waals surface area (Å²) in [6.07, 6.45) is 2.40. The van der Waals surface area contributed by atoms with Gasteiger partial charge >= 0.3 is 5.97 Å². The molecule has 104 valence electrons. The van der Waals surface area contributed by atoms with Crippen LogP contribution < -0.4 is 5.32 Å². The van der Waals surface area contributed by atoms with Crippen molar-refractivity contribution in [3.8, 4) is 0 Å². The summed E-state index contributed by atoms with van der Waals surface area (Å²) >= 11 is 0. The van der Waals surface area contributed by atoms with Crippen LogP contribution in [0.3, 0.4) is 0 Å². The molecule has 1 atom stereocenters. The van der Waals surface area contributed by atoms with Crippen LogP contribution in [0.25, 0.3) is 0 Å². The lowest BCUT2D eigenvalue weighted by Gasteiger charge is -2.17. The van der Waals surface area contributed by atoms with Crippen molar-refractivity contribution in [2.75, 3.05) is 6.54 Å². The molecule has 1 aromatic rings. The molecule has 1 rings (SSSR count). The van der Waals surface area contributed by atoms with Crippen LogP contribution in [0, 0.1) is 11.8 Å². The van der Waals surface area contributed by atoms with Crippen molar-refractivity contribution < 1.29 is 14.7 Å². The maximum Gasteiger partial charge on any atom is 0.303 e. The van der Waals surface area contributed by atoms with Crippen LogP contribution in [0.5, 0.6) is 0 Å². The molecular weight excluding hydrogens is 244 g/mol. The molecule has 1 heterocycles. The average Bonchev–Trinajstić information content (AvgIpc) is 2.35. The molecule has 0 aliphatic heterocycles. The van der Waals surface area contributed by atoms with Crippen LogP contribution in [0.2, 0.25) is 0 Å². The van der Waals surface area contributed by atoms with Crippen LogP contribution >= 0.6 is 0 Å². The van der Waals surface area contributed by atoms with Crippen molar-refractivity contribution in [1.29, 1.82) is 0 Å². The summed E-state index contributed by atoms with van der Waals surface area (Å²) in [5, 5.41) is 11.6. The lowest BCUT2D eigenvalue weighted by molar-refractivity contribution is -0.138. The van der Waals surface area contributed by atoms with E-state index in [9.17, 15) is 9.59 Å². The number of nitrogens with zero attached hydrogens (tertiary/aromatic N) is 1. The topological polar surface area (TPSA) is 79.3 Å². The van der Waals surface area contributed by atoms with Gasteiger partial charge in [-0.2, -0.15) is 0 Å². The molecule has 0 bridgehead atoms. The Hall–Kier alpha value is -1.91. The lowest BCUT2D eigenvalue weighted by Crippen LogP contribution is -2.31. The summed E-state index contributed by atoms with van der Waals surface area (Å²) in [4.78, 5) is 26.5. The number of hydrogen-bond donors (Lipinski definition) is 2. The van der Waals surface area contributed by atoms with Crippen LogP contribution in [0.15, 0.2) is 24.4 Å². The zero-order chi connectivity index (χ0) is 14.3. The molecule has 0 unspecified atom stereocenters. The van der Waals surface area contributed by atoms with E-state index in [1.807, 2.05) is 13.8 Å². The second kappa shape index (κ2) is 7.51. The van der Waals surface area contributed by atoms with E-state index in [0.29, 0.717) is 18.2 Å². The van der Waals surface area contributed by atoms with Crippen LogP contribution in [-0.4, -0.2) is 28.5 Å². The number of carbonyl (C=O) groups is 2. The summed E-state index contributed by atoms with van der Waals surface area (Å²) in [5.74, 6) is -0.751. The van der Waals surface area contributed by atoms with Gasteiger partial charge in [0.2, 0.25) is 0 Å². The van der Waals surface area contributed by atoms with E-state index in [1.54, 1.807) is 24.4 Å². The number of aromatic nitrogens is 1. The van der Waals surface area contributed by atoms with Crippen LogP contribution in [-0.2, 0) is 4.79 Å². The highest BCUT2D eigenvalue weighted by atomic mass is 16.4. The van der Waals surface area contributed by atoms with Crippen LogP contribution in [0.1, 0.15) is 37.2 Å². The highest BCUT2D eigenvalue weighted by Crippen LogP contribution is 2.14. The number of carboxylic acid groups (broad SMARTS) is 1. The Kier molecular flexibility index (Phi) is 5.99. The van der Waals surface area contributed by atoms with Gasteiger partial charge in [-0.05, 0) is 30.4 Å². The quantitative estimate of drug-likeness (QED) is 0.789. The van der Waals surface area contributed by atoms with Gasteiger partial charge in [0, 0.05) is 19.2 Å². The summed E-state index contributed by atoms with van der Waals surface area (Å²) in [6, 6.07) is 5.11. The minimum Gasteiger partial charge on any atom is -0.481 e. The average molecular weight is 264 g/mol. The van der Waals surface area contributed by atoms with Gasteiger partial charge < -0.3 is 10.4 Å². The Bertz CT molecular complexity index is 418. The predicted molar refractivity (Wildman–Crippen MR) is 71.8 cm³/mol. The van der Waals surface area contributed by atoms with Gasteiger partial charge in [0.15, 0.2) is 0 Å². The first-order valence-corrected chi connectivity index (χ1v) is 6.40. The van der Waals surface area contributed by atoms with E-state index in [1.165, 1.54) is 0 Å². The standard InChI is InChI=1S/C14H20N2O3/c1-10(2)7-11(8-13(17)18)9-16-14(19)12-5-3-4-6-15-12/h3-6,10-11H,7-9H2,1-2H3,(H,16,19)(H,17,18)/t11-/m0/s1. The van der Waals surface area contributed by atoms with E-state index >= 15 is 0 Å². The molecular formula is C14H20N2O3. The molecule has 5 nitrogen and oxygen atoms in total. The third-order valence-electron chi connectivity index (χ3n) is 2.72. The van der Waals surface area contributed by atoms with Gasteiger partial charge in [0.1, 0.15) is 5.69 Å². The van der Waals surface area contributed by atoms with E-state index < -0.39 is 5.97 Å². The Balaban J connectivity index is 2.51.